The number of fused-ring (bicyclic) bond motifs is 1. The average molecular weight is 318 g/mol. The maximum absolute atomic E-state index is 12.3. The zero-order valence-electron chi connectivity index (χ0n) is 13.5. The van der Waals surface area contributed by atoms with Crippen LogP contribution in [0.3, 0.4) is 0 Å². The fraction of sp³-hybridized carbons (Fsp3) is 0.562. The van der Waals surface area contributed by atoms with Gasteiger partial charge in [-0.05, 0) is 38.8 Å². The summed E-state index contributed by atoms with van der Waals surface area (Å²) in [6, 6.07) is 3.45. The topological polar surface area (TPSA) is 82.1 Å². The molecule has 2 aromatic rings. The van der Waals surface area contributed by atoms with Crippen molar-refractivity contribution in [2.24, 2.45) is 0 Å². The molecular formula is C16H22N4O3. The molecule has 23 heavy (non-hydrogen) atoms. The number of hydrogen-bond donors (Lipinski definition) is 1. The molecule has 0 radical (unpaired) electrons. The Morgan fingerprint density at radius 3 is 2.96 bits per heavy atom. The molecule has 3 rings (SSSR count). The van der Waals surface area contributed by atoms with Crippen LogP contribution in [-0.2, 0) is 24.3 Å². The van der Waals surface area contributed by atoms with Crippen molar-refractivity contribution in [1.82, 2.24) is 19.7 Å². The summed E-state index contributed by atoms with van der Waals surface area (Å²) in [7, 11) is 0. The molecule has 1 amide bonds. The van der Waals surface area contributed by atoms with Crippen LogP contribution in [0.4, 0.5) is 0 Å². The Hall–Kier alpha value is -2.31. The van der Waals surface area contributed by atoms with Gasteiger partial charge in [-0.25, -0.2) is 9.48 Å². The van der Waals surface area contributed by atoms with Crippen LogP contribution in [0.1, 0.15) is 49.6 Å². The highest BCUT2D eigenvalue weighted by Crippen LogP contribution is 2.15. The van der Waals surface area contributed by atoms with Crippen LogP contribution >= 0.6 is 0 Å². The molecule has 3 heterocycles. The van der Waals surface area contributed by atoms with E-state index in [9.17, 15) is 9.59 Å². The average Bonchev–Trinajstić information content (AvgIpc) is 2.96. The summed E-state index contributed by atoms with van der Waals surface area (Å²) in [6.45, 7) is 4.33. The van der Waals surface area contributed by atoms with Crippen molar-refractivity contribution < 1.29 is 9.21 Å². The molecule has 7 heteroatoms. The quantitative estimate of drug-likeness (QED) is 0.927. The number of nitrogens with zero attached hydrogens (tertiary/aromatic N) is 3. The van der Waals surface area contributed by atoms with E-state index < -0.39 is 0 Å². The lowest BCUT2D eigenvalue weighted by atomic mass is 10.2. The molecule has 1 aliphatic rings. The SMILES string of the molecule is Cc1ccc(C(C)NC(=O)Cn2nc3n(c2=O)CCCCC3)o1. The molecule has 0 bridgehead atoms. The fourth-order valence-electron chi connectivity index (χ4n) is 2.91. The van der Waals surface area contributed by atoms with Gasteiger partial charge in [-0.3, -0.25) is 9.36 Å². The summed E-state index contributed by atoms with van der Waals surface area (Å²) < 4.78 is 8.45. The van der Waals surface area contributed by atoms with Crippen molar-refractivity contribution in [3.05, 3.63) is 40.0 Å². The minimum atomic E-state index is -0.248. The molecule has 0 fully saturated rings. The van der Waals surface area contributed by atoms with E-state index in [4.69, 9.17) is 4.42 Å². The van der Waals surface area contributed by atoms with Gasteiger partial charge in [-0.1, -0.05) is 6.42 Å². The van der Waals surface area contributed by atoms with Crippen LogP contribution in [0, 0.1) is 6.92 Å². The lowest BCUT2D eigenvalue weighted by Crippen LogP contribution is -2.34. The van der Waals surface area contributed by atoms with Gasteiger partial charge in [0.1, 0.15) is 23.9 Å². The van der Waals surface area contributed by atoms with Gasteiger partial charge in [0.2, 0.25) is 5.91 Å². The Bertz CT molecular complexity index is 756. The Morgan fingerprint density at radius 2 is 2.22 bits per heavy atom. The molecule has 1 unspecified atom stereocenters. The third-order valence-electron chi connectivity index (χ3n) is 4.14. The molecular weight excluding hydrogens is 296 g/mol. The summed E-state index contributed by atoms with van der Waals surface area (Å²) in [5.41, 5.74) is -0.196. The molecule has 0 spiro atoms. The fourth-order valence-corrected chi connectivity index (χ4v) is 2.91. The normalized spacial score (nSPS) is 15.7. The standard InChI is InChI=1S/C16H22N4O3/c1-11-7-8-13(23-11)12(2)17-15(21)10-20-16(22)19-9-5-3-4-6-14(19)18-20/h7-8,12H,3-6,9-10H2,1-2H3,(H,17,21). The first-order valence-corrected chi connectivity index (χ1v) is 8.07. The van der Waals surface area contributed by atoms with Gasteiger partial charge in [-0.2, -0.15) is 5.10 Å². The highest BCUT2D eigenvalue weighted by molar-refractivity contribution is 5.76. The summed E-state index contributed by atoms with van der Waals surface area (Å²) in [6.07, 6.45) is 3.94. The zero-order chi connectivity index (χ0) is 16.4. The Balaban J connectivity index is 1.67. The van der Waals surface area contributed by atoms with E-state index in [2.05, 4.69) is 10.4 Å². The van der Waals surface area contributed by atoms with Crippen LogP contribution in [0.2, 0.25) is 0 Å². The van der Waals surface area contributed by atoms with E-state index in [0.717, 1.165) is 37.3 Å². The lowest BCUT2D eigenvalue weighted by molar-refractivity contribution is -0.122. The third-order valence-corrected chi connectivity index (χ3v) is 4.14. The third kappa shape index (κ3) is 3.38. The van der Waals surface area contributed by atoms with E-state index in [1.165, 1.54) is 4.68 Å². The summed E-state index contributed by atoms with van der Waals surface area (Å²) >= 11 is 0. The number of nitrogens with one attached hydrogen (secondary N) is 1. The highest BCUT2D eigenvalue weighted by Gasteiger charge is 2.18. The predicted molar refractivity (Wildman–Crippen MR) is 84.0 cm³/mol. The van der Waals surface area contributed by atoms with Crippen LogP contribution in [0.15, 0.2) is 21.3 Å². The van der Waals surface area contributed by atoms with Crippen molar-refractivity contribution in [3.63, 3.8) is 0 Å². The number of rotatable bonds is 4. The van der Waals surface area contributed by atoms with Gasteiger partial charge in [0.05, 0.1) is 6.04 Å². The van der Waals surface area contributed by atoms with E-state index in [1.807, 2.05) is 26.0 Å². The second kappa shape index (κ2) is 6.44. The van der Waals surface area contributed by atoms with Gasteiger partial charge < -0.3 is 9.73 Å². The Kier molecular flexibility index (Phi) is 4.36. The number of carbonyl (C=O) groups is 1. The maximum Gasteiger partial charge on any atom is 0.346 e. The Morgan fingerprint density at radius 1 is 1.39 bits per heavy atom. The van der Waals surface area contributed by atoms with Crippen LogP contribution in [0.25, 0.3) is 0 Å². The van der Waals surface area contributed by atoms with Gasteiger partial charge >= 0.3 is 5.69 Å². The van der Waals surface area contributed by atoms with Crippen LogP contribution < -0.4 is 11.0 Å². The molecule has 0 aliphatic carbocycles. The molecule has 1 aliphatic heterocycles. The van der Waals surface area contributed by atoms with Crippen molar-refractivity contribution in [2.45, 2.75) is 58.7 Å². The molecule has 7 nitrogen and oxygen atoms in total. The second-order valence-corrected chi connectivity index (χ2v) is 6.06. The van der Waals surface area contributed by atoms with E-state index in [-0.39, 0.29) is 24.2 Å². The number of furan rings is 1. The molecule has 2 aromatic heterocycles. The first kappa shape index (κ1) is 15.6. The number of amides is 1. The van der Waals surface area contributed by atoms with Gasteiger partial charge in [-0.15, -0.1) is 0 Å². The van der Waals surface area contributed by atoms with E-state index in [1.54, 1.807) is 4.57 Å². The molecule has 0 saturated carbocycles. The number of aryl methyl sites for hydroxylation is 2. The summed E-state index contributed by atoms with van der Waals surface area (Å²) in [5.74, 6) is 2.04. The van der Waals surface area contributed by atoms with Gasteiger partial charge in [0, 0.05) is 13.0 Å². The van der Waals surface area contributed by atoms with Crippen molar-refractivity contribution in [3.8, 4) is 0 Å². The molecule has 0 saturated heterocycles. The van der Waals surface area contributed by atoms with E-state index >= 15 is 0 Å². The van der Waals surface area contributed by atoms with Crippen molar-refractivity contribution in [1.29, 1.82) is 0 Å². The summed E-state index contributed by atoms with van der Waals surface area (Å²) in [4.78, 5) is 24.5. The number of hydrogen-bond acceptors (Lipinski definition) is 4. The first-order valence-electron chi connectivity index (χ1n) is 8.07. The lowest BCUT2D eigenvalue weighted by Gasteiger charge is -2.11. The summed E-state index contributed by atoms with van der Waals surface area (Å²) in [5, 5.41) is 7.15. The van der Waals surface area contributed by atoms with Crippen molar-refractivity contribution in [2.75, 3.05) is 0 Å². The first-order chi connectivity index (χ1) is 11.0. The van der Waals surface area contributed by atoms with Crippen LogP contribution in [0.5, 0.6) is 0 Å². The second-order valence-electron chi connectivity index (χ2n) is 6.06. The molecule has 1 N–H and O–H groups in total. The van der Waals surface area contributed by atoms with Crippen LogP contribution in [-0.4, -0.2) is 20.3 Å². The largest absolute Gasteiger partial charge is 0.464 e. The highest BCUT2D eigenvalue weighted by atomic mass is 16.3. The van der Waals surface area contributed by atoms with E-state index in [0.29, 0.717) is 12.3 Å². The van der Waals surface area contributed by atoms with Gasteiger partial charge in [0.15, 0.2) is 0 Å². The molecule has 1 atom stereocenters. The van der Waals surface area contributed by atoms with Crippen molar-refractivity contribution >= 4 is 5.91 Å². The molecule has 0 aromatic carbocycles. The minimum Gasteiger partial charge on any atom is -0.464 e. The Labute approximate surface area is 134 Å². The monoisotopic (exact) mass is 318 g/mol. The number of aromatic nitrogens is 3. The zero-order valence-corrected chi connectivity index (χ0v) is 13.5. The predicted octanol–water partition coefficient (Wildman–Crippen LogP) is 1.55. The minimum absolute atomic E-state index is 0.0666. The van der Waals surface area contributed by atoms with Gasteiger partial charge in [0.25, 0.3) is 0 Å². The number of carbonyl (C=O) groups excluding carboxylic acids is 1. The molecule has 124 valence electrons. The smallest absolute Gasteiger partial charge is 0.346 e. The maximum atomic E-state index is 12.3.